The molecule has 0 aromatic carbocycles. The largest absolute Gasteiger partial charge is 0.321 e. The molecule has 3 N–H and O–H groups in total. The molecule has 1 unspecified atom stereocenters. The fourth-order valence-electron chi connectivity index (χ4n) is 2.16. The van der Waals surface area contributed by atoms with Gasteiger partial charge in [-0.05, 0) is 19.1 Å². The summed E-state index contributed by atoms with van der Waals surface area (Å²) in [6.45, 7) is 1.49. The maximum Gasteiger partial charge on any atom is 0.262 e. The summed E-state index contributed by atoms with van der Waals surface area (Å²) in [4.78, 5) is 3.85. The summed E-state index contributed by atoms with van der Waals surface area (Å²) < 4.78 is 49.3. The van der Waals surface area contributed by atoms with Crippen molar-refractivity contribution in [1.82, 2.24) is 9.29 Å². The lowest BCUT2D eigenvalue weighted by Crippen LogP contribution is -2.49. The van der Waals surface area contributed by atoms with Crippen LogP contribution in [0.2, 0.25) is 0 Å². The fraction of sp³-hybridized carbons (Fsp3) is 0.500. The van der Waals surface area contributed by atoms with Crippen LogP contribution in [0.1, 0.15) is 6.92 Å². The topological polar surface area (TPSA) is 122 Å². The molecule has 1 atom stereocenters. The van der Waals surface area contributed by atoms with Crippen LogP contribution in [0.15, 0.2) is 23.4 Å². The second kappa shape index (κ2) is 5.28. The highest BCUT2D eigenvalue weighted by molar-refractivity contribution is 7.92. The zero-order chi connectivity index (χ0) is 15.0. The van der Waals surface area contributed by atoms with Gasteiger partial charge in [0, 0.05) is 18.8 Å². The second-order valence-electron chi connectivity index (χ2n) is 4.58. The normalized spacial score (nSPS) is 23.4. The van der Waals surface area contributed by atoms with Gasteiger partial charge >= 0.3 is 0 Å². The number of sulfone groups is 1. The lowest BCUT2D eigenvalue weighted by molar-refractivity contribution is 0.355. The van der Waals surface area contributed by atoms with Crippen molar-refractivity contribution in [3.63, 3.8) is 0 Å². The molecule has 1 fully saturated rings. The Balaban J connectivity index is 2.41. The van der Waals surface area contributed by atoms with E-state index >= 15 is 0 Å². The summed E-state index contributed by atoms with van der Waals surface area (Å²) in [5, 5.41) is -0.200. The first kappa shape index (κ1) is 15.2. The Bertz CT molecular complexity index is 702. The van der Waals surface area contributed by atoms with E-state index < -0.39 is 25.9 Å². The van der Waals surface area contributed by atoms with Crippen molar-refractivity contribution in [3.05, 3.63) is 18.3 Å². The third-order valence-electron chi connectivity index (χ3n) is 3.09. The van der Waals surface area contributed by atoms with Crippen LogP contribution in [0.25, 0.3) is 0 Å². The number of pyridine rings is 1. The number of rotatable bonds is 3. The summed E-state index contributed by atoms with van der Waals surface area (Å²) in [6.07, 6.45) is 1.35. The highest BCUT2D eigenvalue weighted by Gasteiger charge is 2.38. The summed E-state index contributed by atoms with van der Waals surface area (Å²) in [7, 11) is -7.08. The number of hydrogen-bond donors (Lipinski definition) is 2. The molecule has 1 saturated heterocycles. The molecule has 1 aromatic rings. The Kier molecular flexibility index (Phi) is 4.00. The van der Waals surface area contributed by atoms with Crippen LogP contribution < -0.4 is 11.3 Å². The van der Waals surface area contributed by atoms with Crippen LogP contribution in [0.3, 0.4) is 0 Å². The Morgan fingerprint density at radius 3 is 2.80 bits per heavy atom. The average Bonchev–Trinajstić information content (AvgIpc) is 2.37. The minimum Gasteiger partial charge on any atom is -0.321 e. The van der Waals surface area contributed by atoms with E-state index in [0.29, 0.717) is 0 Å². The molecule has 1 aliphatic heterocycles. The predicted octanol–water partition coefficient (Wildman–Crippen LogP) is -0.825. The van der Waals surface area contributed by atoms with Crippen LogP contribution in [-0.2, 0) is 19.9 Å². The van der Waals surface area contributed by atoms with Crippen LogP contribution >= 0.6 is 0 Å². The number of hydrogen-bond acceptors (Lipinski definition) is 7. The van der Waals surface area contributed by atoms with E-state index in [1.807, 2.05) is 0 Å². The first-order valence-electron chi connectivity index (χ1n) is 5.92. The van der Waals surface area contributed by atoms with Gasteiger partial charge in [0.05, 0.1) is 17.2 Å². The van der Waals surface area contributed by atoms with E-state index in [9.17, 15) is 16.8 Å². The van der Waals surface area contributed by atoms with Gasteiger partial charge in [-0.25, -0.2) is 21.8 Å². The first-order chi connectivity index (χ1) is 9.28. The zero-order valence-corrected chi connectivity index (χ0v) is 12.5. The third-order valence-corrected chi connectivity index (χ3v) is 6.86. The molecule has 8 nitrogen and oxygen atoms in total. The molecule has 2 heterocycles. The molecular weight excluding hydrogens is 304 g/mol. The van der Waals surface area contributed by atoms with Gasteiger partial charge < -0.3 is 5.43 Å². The predicted molar refractivity (Wildman–Crippen MR) is 74.1 cm³/mol. The van der Waals surface area contributed by atoms with Gasteiger partial charge in [0.2, 0.25) is 0 Å². The van der Waals surface area contributed by atoms with E-state index in [2.05, 4.69) is 10.4 Å². The van der Waals surface area contributed by atoms with E-state index in [4.69, 9.17) is 5.84 Å². The molecule has 1 aliphatic rings. The van der Waals surface area contributed by atoms with Crippen molar-refractivity contribution < 1.29 is 16.8 Å². The van der Waals surface area contributed by atoms with Crippen LogP contribution in [0.4, 0.5) is 5.69 Å². The molecule has 0 radical (unpaired) electrons. The van der Waals surface area contributed by atoms with E-state index in [1.54, 1.807) is 13.0 Å². The minimum atomic E-state index is -3.89. The molecule has 0 saturated carbocycles. The number of aromatic nitrogens is 1. The average molecular weight is 320 g/mol. The summed E-state index contributed by atoms with van der Waals surface area (Å²) >= 11 is 0. The van der Waals surface area contributed by atoms with Crippen molar-refractivity contribution in [2.45, 2.75) is 18.0 Å². The van der Waals surface area contributed by atoms with E-state index in [1.165, 1.54) is 12.3 Å². The number of sulfonamides is 1. The van der Waals surface area contributed by atoms with Gasteiger partial charge in [0.1, 0.15) is 0 Å². The minimum absolute atomic E-state index is 0.0770. The first-order valence-corrected chi connectivity index (χ1v) is 9.18. The number of nitrogen functional groups attached to an aromatic ring is 1. The number of nitrogens with two attached hydrogens (primary N) is 1. The summed E-state index contributed by atoms with van der Waals surface area (Å²) in [6, 6.07) is 2.41. The molecule has 2 rings (SSSR count). The van der Waals surface area contributed by atoms with E-state index in [-0.39, 0.29) is 28.8 Å². The zero-order valence-electron chi connectivity index (χ0n) is 10.9. The Morgan fingerprint density at radius 2 is 2.20 bits per heavy atom. The summed E-state index contributed by atoms with van der Waals surface area (Å²) in [5.41, 5.74) is 2.46. The van der Waals surface area contributed by atoms with Crippen molar-refractivity contribution in [2.75, 3.05) is 23.5 Å². The standard InChI is InChI=1S/C10H16N4O4S2/c1-8-7-19(15,16)6-5-14(8)20(17,18)10-9(13-11)3-2-4-12-10/h2-4,8,13H,5-7,11H2,1H3. The molecule has 0 bridgehead atoms. The Morgan fingerprint density at radius 1 is 1.50 bits per heavy atom. The smallest absolute Gasteiger partial charge is 0.262 e. The van der Waals surface area contributed by atoms with Crippen molar-refractivity contribution in [2.24, 2.45) is 5.84 Å². The Hall–Kier alpha value is -1.23. The fourth-order valence-corrected chi connectivity index (χ4v) is 5.63. The molecule has 0 spiro atoms. The molecular formula is C10H16N4O4S2. The van der Waals surface area contributed by atoms with Gasteiger partial charge in [-0.3, -0.25) is 5.84 Å². The molecule has 112 valence electrons. The number of anilines is 1. The molecule has 0 aliphatic carbocycles. The monoisotopic (exact) mass is 320 g/mol. The Labute approximate surface area is 117 Å². The van der Waals surface area contributed by atoms with Gasteiger partial charge in [-0.15, -0.1) is 0 Å². The second-order valence-corrected chi connectivity index (χ2v) is 8.61. The number of nitrogens with one attached hydrogen (secondary N) is 1. The van der Waals surface area contributed by atoms with Crippen molar-refractivity contribution in [3.8, 4) is 0 Å². The van der Waals surface area contributed by atoms with Crippen LogP contribution in [0.5, 0.6) is 0 Å². The van der Waals surface area contributed by atoms with Gasteiger partial charge in [-0.1, -0.05) is 0 Å². The van der Waals surface area contributed by atoms with Gasteiger partial charge in [0.15, 0.2) is 14.9 Å². The van der Waals surface area contributed by atoms with Gasteiger partial charge in [-0.2, -0.15) is 4.31 Å². The van der Waals surface area contributed by atoms with E-state index in [0.717, 1.165) is 4.31 Å². The molecule has 20 heavy (non-hydrogen) atoms. The summed E-state index contributed by atoms with van der Waals surface area (Å²) in [5.74, 6) is 4.91. The quantitative estimate of drug-likeness (QED) is 0.550. The lowest BCUT2D eigenvalue weighted by Gasteiger charge is -2.32. The maximum atomic E-state index is 12.6. The van der Waals surface area contributed by atoms with Crippen molar-refractivity contribution >= 4 is 25.5 Å². The van der Waals surface area contributed by atoms with Gasteiger partial charge in [0.25, 0.3) is 10.0 Å². The number of nitrogens with zero attached hydrogens (tertiary/aromatic N) is 2. The number of hydrazine groups is 1. The lowest BCUT2D eigenvalue weighted by atomic mass is 10.4. The molecule has 1 aromatic heterocycles. The SMILES string of the molecule is CC1CS(=O)(=O)CCN1S(=O)(=O)c1ncccc1NN. The maximum absolute atomic E-state index is 12.6. The highest BCUT2D eigenvalue weighted by atomic mass is 32.2. The molecule has 10 heteroatoms. The van der Waals surface area contributed by atoms with Crippen LogP contribution in [0, 0.1) is 0 Å². The third kappa shape index (κ3) is 2.77. The molecule has 0 amide bonds. The van der Waals surface area contributed by atoms with Crippen molar-refractivity contribution in [1.29, 1.82) is 0 Å². The highest BCUT2D eigenvalue weighted by Crippen LogP contribution is 2.25. The van der Waals surface area contributed by atoms with Crippen LogP contribution in [-0.4, -0.2) is 50.2 Å².